The van der Waals surface area contributed by atoms with Crippen molar-refractivity contribution < 1.29 is 0 Å². The fraction of sp³-hybridized carbons (Fsp3) is 0.652. The highest BCUT2D eigenvalue weighted by atomic mass is 14.9. The van der Waals surface area contributed by atoms with Crippen molar-refractivity contribution in [2.24, 2.45) is 33.0 Å². The van der Waals surface area contributed by atoms with Crippen molar-refractivity contribution in [2.45, 2.75) is 58.8 Å². The van der Waals surface area contributed by atoms with E-state index in [0.29, 0.717) is 0 Å². The molecule has 5 rings (SSSR count). The summed E-state index contributed by atoms with van der Waals surface area (Å²) in [4.78, 5) is 0. The highest BCUT2D eigenvalue weighted by Gasteiger charge is 2.86. The first-order valence-corrected chi connectivity index (χ1v) is 10.1. The van der Waals surface area contributed by atoms with Gasteiger partial charge in [0.2, 0.25) is 0 Å². The molecule has 136 valence electrons. The van der Waals surface area contributed by atoms with E-state index in [9.17, 15) is 21.0 Å². The van der Waals surface area contributed by atoms with Crippen LogP contribution in [0.1, 0.15) is 58.8 Å². The molecule has 4 atom stereocenters. The van der Waals surface area contributed by atoms with Gasteiger partial charge in [-0.1, -0.05) is 50.5 Å². The van der Waals surface area contributed by atoms with E-state index in [1.165, 1.54) is 0 Å². The third-order valence-corrected chi connectivity index (χ3v) is 8.82. The SMILES string of the molecule is CCC1=C[C@@H]2C(C#N)(C#N)C(C#N)(C#N)[C@]13CCCC[C@]31CC=C[C@]21CC. The molecule has 0 N–H and O–H groups in total. The summed E-state index contributed by atoms with van der Waals surface area (Å²) in [6.07, 6.45) is 12.7. The molecule has 27 heavy (non-hydrogen) atoms. The van der Waals surface area contributed by atoms with Gasteiger partial charge in [-0.2, -0.15) is 21.0 Å². The van der Waals surface area contributed by atoms with Gasteiger partial charge in [0.25, 0.3) is 0 Å². The topological polar surface area (TPSA) is 95.2 Å². The number of rotatable bonds is 2. The zero-order valence-corrected chi connectivity index (χ0v) is 16.0. The summed E-state index contributed by atoms with van der Waals surface area (Å²) in [6, 6.07) is 9.13. The fourth-order valence-corrected chi connectivity index (χ4v) is 8.05. The molecule has 2 fully saturated rings. The molecule has 4 heteroatoms. The van der Waals surface area contributed by atoms with Crippen molar-refractivity contribution in [3.8, 4) is 24.3 Å². The van der Waals surface area contributed by atoms with Crippen molar-refractivity contribution in [1.29, 1.82) is 21.0 Å². The maximum Gasteiger partial charge on any atom is 0.185 e. The quantitative estimate of drug-likeness (QED) is 0.655. The molecule has 4 nitrogen and oxygen atoms in total. The molecule has 0 aromatic rings. The second kappa shape index (κ2) is 5.24. The average molecular weight is 356 g/mol. The van der Waals surface area contributed by atoms with Crippen LogP contribution in [0.4, 0.5) is 0 Å². The van der Waals surface area contributed by atoms with Crippen molar-refractivity contribution in [3.63, 3.8) is 0 Å². The zero-order chi connectivity index (χ0) is 19.6. The average Bonchev–Trinajstić information content (AvgIpc) is 3.11. The molecule has 2 bridgehead atoms. The van der Waals surface area contributed by atoms with Gasteiger partial charge in [-0.25, -0.2) is 0 Å². The van der Waals surface area contributed by atoms with E-state index in [-0.39, 0.29) is 10.8 Å². The minimum Gasteiger partial charge on any atom is -0.196 e. The van der Waals surface area contributed by atoms with Crippen LogP contribution < -0.4 is 0 Å². The molecule has 0 amide bonds. The van der Waals surface area contributed by atoms with Gasteiger partial charge in [0.1, 0.15) is 0 Å². The van der Waals surface area contributed by atoms with Crippen LogP contribution >= 0.6 is 0 Å². The smallest absolute Gasteiger partial charge is 0.185 e. The minimum absolute atomic E-state index is 0.236. The van der Waals surface area contributed by atoms with E-state index < -0.39 is 22.2 Å². The van der Waals surface area contributed by atoms with E-state index in [2.05, 4.69) is 56.4 Å². The van der Waals surface area contributed by atoms with Crippen LogP contribution in [0.15, 0.2) is 23.8 Å². The predicted molar refractivity (Wildman–Crippen MR) is 99.0 cm³/mol. The van der Waals surface area contributed by atoms with E-state index in [4.69, 9.17) is 0 Å². The lowest BCUT2D eigenvalue weighted by Crippen LogP contribution is -2.75. The Morgan fingerprint density at radius 1 is 1.00 bits per heavy atom. The number of nitriles is 4. The highest BCUT2D eigenvalue weighted by Crippen LogP contribution is 2.86. The molecule has 0 unspecified atom stereocenters. The maximum atomic E-state index is 10.5. The summed E-state index contributed by atoms with van der Waals surface area (Å²) in [5.74, 6) is -0.419. The first-order chi connectivity index (χ1) is 13.0. The van der Waals surface area contributed by atoms with Gasteiger partial charge in [-0.3, -0.25) is 0 Å². The molecule has 5 aliphatic rings. The van der Waals surface area contributed by atoms with E-state index in [0.717, 1.165) is 50.5 Å². The van der Waals surface area contributed by atoms with Gasteiger partial charge < -0.3 is 0 Å². The molecule has 0 radical (unpaired) electrons. The third kappa shape index (κ3) is 1.35. The highest BCUT2D eigenvalue weighted by molar-refractivity contribution is 5.57. The minimum atomic E-state index is -1.64. The first-order valence-electron chi connectivity index (χ1n) is 10.1. The Morgan fingerprint density at radius 2 is 1.67 bits per heavy atom. The Bertz CT molecular complexity index is 901. The zero-order valence-electron chi connectivity index (χ0n) is 16.0. The van der Waals surface area contributed by atoms with E-state index >= 15 is 0 Å². The Morgan fingerprint density at radius 3 is 2.22 bits per heavy atom. The van der Waals surface area contributed by atoms with Crippen molar-refractivity contribution in [1.82, 2.24) is 0 Å². The normalized spacial score (nSPS) is 41.9. The monoisotopic (exact) mass is 356 g/mol. The summed E-state index contributed by atoms with van der Waals surface area (Å²) in [5, 5.41) is 41.5. The van der Waals surface area contributed by atoms with Crippen LogP contribution in [-0.2, 0) is 0 Å². The summed E-state index contributed by atoms with van der Waals surface area (Å²) in [6.45, 7) is 4.22. The summed E-state index contributed by atoms with van der Waals surface area (Å²) in [5.41, 5.74) is -3.41. The van der Waals surface area contributed by atoms with Crippen LogP contribution in [0.5, 0.6) is 0 Å². The van der Waals surface area contributed by atoms with Crippen molar-refractivity contribution in [3.05, 3.63) is 23.8 Å². The summed E-state index contributed by atoms with van der Waals surface area (Å²) >= 11 is 0. The second-order valence-electron chi connectivity index (χ2n) is 8.72. The molecular weight excluding hydrogens is 332 g/mol. The Kier molecular flexibility index (Phi) is 3.46. The Balaban J connectivity index is 2.25. The lowest BCUT2D eigenvalue weighted by atomic mass is 9.23. The Hall–Kier alpha value is -2.56. The first kappa shape index (κ1) is 17.8. The van der Waals surface area contributed by atoms with Gasteiger partial charge in [0.05, 0.1) is 24.3 Å². The van der Waals surface area contributed by atoms with Crippen LogP contribution in [0, 0.1) is 78.3 Å². The molecular formula is C23H24N4. The van der Waals surface area contributed by atoms with E-state index in [1.807, 2.05) is 0 Å². The van der Waals surface area contributed by atoms with E-state index in [1.54, 1.807) is 0 Å². The van der Waals surface area contributed by atoms with Crippen LogP contribution in [0.3, 0.4) is 0 Å². The maximum absolute atomic E-state index is 10.5. The standard InChI is InChI=1S/C23H24N4/c1-3-17-12-18-19(4-2)8-7-10-21(19)9-5-6-11-23(17,21)22(15-26,16-27)20(18,13-24)14-25/h7-8,12,18H,3-6,9-11H2,1-2H3/t18-,19+,21+,23+/m0/s1. The lowest BCUT2D eigenvalue weighted by Gasteiger charge is -2.75. The van der Waals surface area contributed by atoms with Gasteiger partial charge >= 0.3 is 0 Å². The predicted octanol–water partition coefficient (Wildman–Crippen LogP) is 4.94. The number of allylic oxidation sites excluding steroid dienone is 4. The van der Waals surface area contributed by atoms with Gasteiger partial charge in [0.15, 0.2) is 10.8 Å². The molecule has 0 aromatic carbocycles. The van der Waals surface area contributed by atoms with Crippen LogP contribution in [-0.4, -0.2) is 0 Å². The molecule has 2 saturated carbocycles. The number of hydrogen-bond donors (Lipinski definition) is 0. The van der Waals surface area contributed by atoms with Gasteiger partial charge in [-0.05, 0) is 37.5 Å². The summed E-state index contributed by atoms with van der Waals surface area (Å²) in [7, 11) is 0. The molecule has 0 aliphatic heterocycles. The molecule has 2 spiro atoms. The molecule has 5 aliphatic carbocycles. The number of fused-ring (bicyclic) bond motifs is 1. The molecule has 0 saturated heterocycles. The van der Waals surface area contributed by atoms with Crippen molar-refractivity contribution >= 4 is 0 Å². The molecule has 0 heterocycles. The van der Waals surface area contributed by atoms with Crippen LogP contribution in [0.25, 0.3) is 0 Å². The summed E-state index contributed by atoms with van der Waals surface area (Å²) < 4.78 is 0. The third-order valence-electron chi connectivity index (χ3n) is 8.82. The Labute approximate surface area is 161 Å². The second-order valence-corrected chi connectivity index (χ2v) is 8.72. The van der Waals surface area contributed by atoms with Crippen molar-refractivity contribution in [2.75, 3.05) is 0 Å². The van der Waals surface area contributed by atoms with Crippen LogP contribution in [0.2, 0.25) is 0 Å². The number of hydrogen-bond acceptors (Lipinski definition) is 4. The molecule has 0 aromatic heterocycles. The fourth-order valence-electron chi connectivity index (χ4n) is 8.05. The number of nitrogens with zero attached hydrogens (tertiary/aromatic N) is 4. The lowest BCUT2D eigenvalue weighted by molar-refractivity contribution is -0.218. The largest absolute Gasteiger partial charge is 0.196 e. The van der Waals surface area contributed by atoms with Gasteiger partial charge in [0, 0.05) is 16.7 Å². The van der Waals surface area contributed by atoms with Gasteiger partial charge in [-0.15, -0.1) is 0 Å².